The number of carbonyl (C=O) groups is 1. The highest BCUT2D eigenvalue weighted by molar-refractivity contribution is 7.90. The molecule has 1 amide bonds. The van der Waals surface area contributed by atoms with Gasteiger partial charge in [-0.1, -0.05) is 33.6 Å². The second-order valence-corrected chi connectivity index (χ2v) is 10.5. The zero-order chi connectivity index (χ0) is 19.4. The summed E-state index contributed by atoms with van der Waals surface area (Å²) < 4.78 is 33.5. The van der Waals surface area contributed by atoms with Crippen LogP contribution >= 0.6 is 0 Å². The molecule has 148 valence electrons. The van der Waals surface area contributed by atoms with Crippen LogP contribution in [0.3, 0.4) is 0 Å². The second-order valence-electron chi connectivity index (χ2n) is 8.20. The average Bonchev–Trinajstić information content (AvgIpc) is 2.98. The van der Waals surface area contributed by atoms with Crippen molar-refractivity contribution in [3.63, 3.8) is 0 Å². The van der Waals surface area contributed by atoms with Gasteiger partial charge in [0.15, 0.2) is 5.75 Å². The second kappa shape index (κ2) is 8.46. The zero-order valence-corrected chi connectivity index (χ0v) is 17.1. The minimum atomic E-state index is -2.87. The lowest BCUT2D eigenvalue weighted by Gasteiger charge is -2.40. The Balaban J connectivity index is 1.67. The molecule has 1 aliphatic heterocycles. The van der Waals surface area contributed by atoms with E-state index in [0.717, 1.165) is 25.0 Å². The van der Waals surface area contributed by atoms with Crippen LogP contribution < -0.4 is 4.74 Å². The van der Waals surface area contributed by atoms with Gasteiger partial charge in [0.25, 0.3) is 0 Å². The molecule has 1 saturated heterocycles. The molecule has 0 N–H and O–H groups in total. The summed E-state index contributed by atoms with van der Waals surface area (Å²) in [4.78, 5) is 13.7. The van der Waals surface area contributed by atoms with E-state index in [-0.39, 0.29) is 23.1 Å². The van der Waals surface area contributed by atoms with Gasteiger partial charge in [-0.2, -0.15) is 0 Å². The third-order valence-corrected chi connectivity index (χ3v) is 5.62. The number of amides is 1. The highest BCUT2D eigenvalue weighted by Gasteiger charge is 2.36. The first-order valence-electron chi connectivity index (χ1n) is 9.25. The first-order valence-corrected chi connectivity index (χ1v) is 11.3. The van der Waals surface area contributed by atoms with Crippen molar-refractivity contribution in [1.29, 1.82) is 0 Å². The quantitative estimate of drug-likeness (QED) is 0.457. The molecule has 0 unspecified atom stereocenters. The molecule has 2 heterocycles. The van der Waals surface area contributed by atoms with E-state index in [9.17, 15) is 13.2 Å². The molecular weight excluding hydrogens is 354 g/mol. The summed E-state index contributed by atoms with van der Waals surface area (Å²) in [6, 6.07) is 2.03. The van der Waals surface area contributed by atoms with Gasteiger partial charge in [-0.25, -0.2) is 8.42 Å². The molecule has 0 aliphatic carbocycles. The van der Waals surface area contributed by atoms with Gasteiger partial charge in [0, 0.05) is 30.0 Å². The van der Waals surface area contributed by atoms with Gasteiger partial charge in [-0.3, -0.25) is 4.79 Å². The van der Waals surface area contributed by atoms with E-state index in [1.54, 1.807) is 6.26 Å². The average molecular weight is 386 g/mol. The summed E-state index contributed by atoms with van der Waals surface area (Å²) in [5.74, 6) is 1.99. The Labute approximate surface area is 156 Å². The van der Waals surface area contributed by atoms with Crippen molar-refractivity contribution in [3.8, 4) is 5.75 Å². The molecule has 7 heteroatoms. The molecule has 0 bridgehead atoms. The largest absolute Gasteiger partial charge is 0.488 e. The van der Waals surface area contributed by atoms with Crippen molar-refractivity contribution in [1.82, 2.24) is 4.90 Å². The van der Waals surface area contributed by atoms with Crippen LogP contribution in [0.1, 0.15) is 58.6 Å². The fourth-order valence-electron chi connectivity index (χ4n) is 2.96. The fraction of sp³-hybridized carbons (Fsp3) is 0.737. The number of β-lactam (4-membered cyclic amide) rings is 1. The summed E-state index contributed by atoms with van der Waals surface area (Å²) >= 11 is 0. The number of furan rings is 1. The van der Waals surface area contributed by atoms with Gasteiger partial charge < -0.3 is 14.1 Å². The maximum Gasteiger partial charge on any atom is 0.225 e. The fourth-order valence-corrected chi connectivity index (χ4v) is 3.69. The molecule has 0 saturated carbocycles. The van der Waals surface area contributed by atoms with Crippen LogP contribution in [-0.4, -0.2) is 50.4 Å². The van der Waals surface area contributed by atoms with Crippen molar-refractivity contribution >= 4 is 15.7 Å². The maximum absolute atomic E-state index is 11.8. The first-order chi connectivity index (χ1) is 12.1. The van der Waals surface area contributed by atoms with Crippen LogP contribution in [0.2, 0.25) is 0 Å². The van der Waals surface area contributed by atoms with E-state index in [1.807, 2.05) is 11.0 Å². The minimum absolute atomic E-state index is 0.0583. The monoisotopic (exact) mass is 385 g/mol. The molecule has 6 nitrogen and oxygen atoms in total. The van der Waals surface area contributed by atoms with Crippen LogP contribution in [0.15, 0.2) is 16.7 Å². The molecule has 1 aliphatic rings. The Kier molecular flexibility index (Phi) is 6.77. The van der Waals surface area contributed by atoms with Gasteiger partial charge in [0.1, 0.15) is 28.5 Å². The molecule has 26 heavy (non-hydrogen) atoms. The smallest absolute Gasteiger partial charge is 0.225 e. The third kappa shape index (κ3) is 6.34. The summed E-state index contributed by atoms with van der Waals surface area (Å²) in [6.45, 7) is 7.43. The highest BCUT2D eigenvalue weighted by Crippen LogP contribution is 2.28. The Morgan fingerprint density at radius 3 is 2.50 bits per heavy atom. The number of sulfone groups is 1. The van der Waals surface area contributed by atoms with E-state index >= 15 is 0 Å². The molecule has 0 radical (unpaired) electrons. The molecule has 1 aromatic heterocycles. The number of rotatable bonds is 10. The van der Waals surface area contributed by atoms with Crippen molar-refractivity contribution in [2.24, 2.45) is 0 Å². The van der Waals surface area contributed by atoms with Crippen LogP contribution in [0.4, 0.5) is 0 Å². The van der Waals surface area contributed by atoms with E-state index in [0.29, 0.717) is 31.7 Å². The summed E-state index contributed by atoms with van der Waals surface area (Å²) in [7, 11) is -2.87. The van der Waals surface area contributed by atoms with Crippen LogP contribution in [-0.2, 0) is 20.0 Å². The lowest BCUT2D eigenvalue weighted by molar-refractivity contribution is -0.147. The number of nitrogens with zero attached hydrogens (tertiary/aromatic N) is 1. The van der Waals surface area contributed by atoms with Gasteiger partial charge >= 0.3 is 0 Å². The molecule has 0 spiro atoms. The molecule has 1 atom stereocenters. The van der Waals surface area contributed by atoms with Gasteiger partial charge in [-0.15, -0.1) is 0 Å². The van der Waals surface area contributed by atoms with Crippen LogP contribution in [0, 0.1) is 0 Å². The van der Waals surface area contributed by atoms with E-state index in [4.69, 9.17) is 9.15 Å². The molecule has 1 fully saturated rings. The molecule has 1 aromatic rings. The minimum Gasteiger partial charge on any atom is -0.488 e. The number of ether oxygens (including phenoxy) is 1. The summed E-state index contributed by atoms with van der Waals surface area (Å²) in [5, 5.41) is 0. The van der Waals surface area contributed by atoms with Crippen LogP contribution in [0.5, 0.6) is 5.75 Å². The molecular formula is C19H31NO5S. The Bertz CT molecular complexity index is 702. The maximum atomic E-state index is 11.8. The normalized spacial score (nSPS) is 18.1. The predicted octanol–water partition coefficient (Wildman–Crippen LogP) is 3.16. The van der Waals surface area contributed by atoms with Crippen LogP contribution in [0.25, 0.3) is 0 Å². The lowest BCUT2D eigenvalue weighted by atomic mass is 9.93. The van der Waals surface area contributed by atoms with Gasteiger partial charge in [0.05, 0.1) is 12.5 Å². The number of carbonyl (C=O) groups excluding carboxylic acids is 1. The predicted molar refractivity (Wildman–Crippen MR) is 101 cm³/mol. The van der Waals surface area contributed by atoms with Crippen molar-refractivity contribution in [2.75, 3.05) is 25.2 Å². The SMILES string of the molecule is CC(C)(C)c1cc(OC[C@H]2CC(=O)N2CCCCCCS(C)(=O)=O)co1. The summed E-state index contributed by atoms with van der Waals surface area (Å²) in [6.07, 6.45) is 6.80. The van der Waals surface area contributed by atoms with Crippen molar-refractivity contribution in [2.45, 2.75) is 64.3 Å². The van der Waals surface area contributed by atoms with Crippen molar-refractivity contribution in [3.05, 3.63) is 18.1 Å². The first kappa shape index (κ1) is 20.8. The number of hydrogen-bond acceptors (Lipinski definition) is 5. The van der Waals surface area contributed by atoms with Crippen molar-refractivity contribution < 1.29 is 22.4 Å². The highest BCUT2D eigenvalue weighted by atomic mass is 32.2. The van der Waals surface area contributed by atoms with Gasteiger partial charge in [0.2, 0.25) is 5.91 Å². The standard InChI is InChI=1S/C19H31NO5S/c1-19(2,3)17-12-16(14-25-17)24-13-15-11-18(21)20(15)9-7-5-6-8-10-26(4,22)23/h12,14-15H,5-11,13H2,1-4H3/t15-/m1/s1. The van der Waals surface area contributed by atoms with E-state index in [1.165, 1.54) is 6.26 Å². The number of unbranched alkanes of at least 4 members (excludes halogenated alkanes) is 3. The Morgan fingerprint density at radius 2 is 1.92 bits per heavy atom. The Morgan fingerprint density at radius 1 is 1.23 bits per heavy atom. The van der Waals surface area contributed by atoms with E-state index in [2.05, 4.69) is 20.8 Å². The molecule has 2 rings (SSSR count). The Hall–Kier alpha value is -1.50. The number of hydrogen-bond donors (Lipinski definition) is 0. The lowest BCUT2D eigenvalue weighted by Crippen LogP contribution is -2.55. The number of likely N-dealkylation sites (tertiary alicyclic amines) is 1. The molecule has 0 aromatic carbocycles. The zero-order valence-electron chi connectivity index (χ0n) is 16.3. The topological polar surface area (TPSA) is 76.8 Å². The third-order valence-electron chi connectivity index (χ3n) is 4.59. The van der Waals surface area contributed by atoms with Gasteiger partial charge in [-0.05, 0) is 12.8 Å². The van der Waals surface area contributed by atoms with E-state index < -0.39 is 9.84 Å². The summed E-state index contributed by atoms with van der Waals surface area (Å²) in [5.41, 5.74) is -0.0583.